The fourth-order valence-electron chi connectivity index (χ4n) is 2.43. The maximum atomic E-state index is 12.4. The van der Waals surface area contributed by atoms with Crippen molar-refractivity contribution < 1.29 is 17.9 Å². The van der Waals surface area contributed by atoms with Gasteiger partial charge in [0.2, 0.25) is 0 Å². The Bertz CT molecular complexity index is 635. The van der Waals surface area contributed by atoms with E-state index in [1.54, 1.807) is 0 Å². The lowest BCUT2D eigenvalue weighted by Gasteiger charge is -2.24. The quantitative estimate of drug-likeness (QED) is 0.943. The number of benzene rings is 1. The highest BCUT2D eigenvalue weighted by Gasteiger charge is 2.32. The molecule has 1 atom stereocenters. The van der Waals surface area contributed by atoms with Gasteiger partial charge < -0.3 is 10.1 Å². The summed E-state index contributed by atoms with van der Waals surface area (Å²) in [5.41, 5.74) is 1.57. The molecule has 1 aromatic heterocycles. The normalized spacial score (nSPS) is 18.8. The van der Waals surface area contributed by atoms with Crippen LogP contribution in [0.4, 0.5) is 13.2 Å². The molecular weight excluding hydrogens is 307 g/mol. The van der Waals surface area contributed by atoms with Crippen molar-refractivity contribution in [3.63, 3.8) is 0 Å². The molecule has 1 N–H and O–H groups in total. The van der Waals surface area contributed by atoms with E-state index in [0.29, 0.717) is 18.7 Å². The summed E-state index contributed by atoms with van der Waals surface area (Å²) in [6, 6.07) is 7.83. The molecule has 0 saturated carbocycles. The molecule has 1 saturated heterocycles. The van der Waals surface area contributed by atoms with Crippen molar-refractivity contribution in [1.29, 1.82) is 0 Å². The predicted octanol–water partition coefficient (Wildman–Crippen LogP) is 2.75. The maximum Gasteiger partial charge on any atom is 0.434 e. The van der Waals surface area contributed by atoms with Gasteiger partial charge in [-0.05, 0) is 11.1 Å². The van der Waals surface area contributed by atoms with E-state index in [1.165, 1.54) is 6.20 Å². The van der Waals surface area contributed by atoms with E-state index >= 15 is 0 Å². The molecule has 1 aliphatic rings. The fourth-order valence-corrected chi connectivity index (χ4v) is 2.43. The number of aromatic nitrogens is 2. The molecule has 4 nitrogen and oxygen atoms in total. The van der Waals surface area contributed by atoms with Crippen molar-refractivity contribution >= 4 is 0 Å². The van der Waals surface area contributed by atoms with Crippen molar-refractivity contribution in [1.82, 2.24) is 15.3 Å². The zero-order chi connectivity index (χ0) is 16.3. The Morgan fingerprint density at radius 3 is 2.48 bits per heavy atom. The second-order valence-electron chi connectivity index (χ2n) is 5.37. The van der Waals surface area contributed by atoms with Crippen molar-refractivity contribution in [2.75, 3.05) is 19.7 Å². The average molecular weight is 323 g/mol. The van der Waals surface area contributed by atoms with E-state index in [2.05, 4.69) is 15.3 Å². The summed E-state index contributed by atoms with van der Waals surface area (Å²) in [5.74, 6) is 0. The van der Waals surface area contributed by atoms with Gasteiger partial charge in [0.25, 0.3) is 0 Å². The van der Waals surface area contributed by atoms with E-state index < -0.39 is 11.9 Å². The molecule has 0 aliphatic carbocycles. The van der Waals surface area contributed by atoms with Crippen LogP contribution in [0.15, 0.2) is 36.7 Å². The molecule has 122 valence electrons. The van der Waals surface area contributed by atoms with E-state index in [4.69, 9.17) is 4.74 Å². The minimum Gasteiger partial charge on any atom is -0.371 e. The monoisotopic (exact) mass is 323 g/mol. The van der Waals surface area contributed by atoms with E-state index in [9.17, 15) is 13.2 Å². The first-order valence-electron chi connectivity index (χ1n) is 7.31. The Kier molecular flexibility index (Phi) is 4.58. The van der Waals surface area contributed by atoms with Gasteiger partial charge in [0.05, 0.1) is 24.6 Å². The predicted molar refractivity (Wildman–Crippen MR) is 77.8 cm³/mol. The van der Waals surface area contributed by atoms with E-state index in [-0.39, 0.29) is 6.10 Å². The second kappa shape index (κ2) is 6.64. The number of morpholine rings is 1. The van der Waals surface area contributed by atoms with Crippen LogP contribution in [0.2, 0.25) is 0 Å². The first-order valence-corrected chi connectivity index (χ1v) is 7.31. The molecule has 0 amide bonds. The lowest BCUT2D eigenvalue weighted by atomic mass is 10.0. The van der Waals surface area contributed by atoms with Gasteiger partial charge >= 0.3 is 6.18 Å². The molecule has 0 spiro atoms. The van der Waals surface area contributed by atoms with Gasteiger partial charge in [-0.2, -0.15) is 13.2 Å². The smallest absolute Gasteiger partial charge is 0.371 e. The summed E-state index contributed by atoms with van der Waals surface area (Å²) < 4.78 is 43.0. The maximum absolute atomic E-state index is 12.4. The molecule has 0 bridgehead atoms. The van der Waals surface area contributed by atoms with Gasteiger partial charge in [0.15, 0.2) is 5.69 Å². The van der Waals surface area contributed by atoms with Crippen LogP contribution >= 0.6 is 0 Å². The largest absolute Gasteiger partial charge is 0.434 e. The average Bonchev–Trinajstić information content (AvgIpc) is 2.56. The Labute approximate surface area is 131 Å². The Morgan fingerprint density at radius 1 is 1.13 bits per heavy atom. The van der Waals surface area contributed by atoms with Crippen molar-refractivity contribution in [2.45, 2.75) is 18.7 Å². The molecule has 3 rings (SSSR count). The summed E-state index contributed by atoms with van der Waals surface area (Å²) in [6.45, 7) is 2.33. The number of hydrogen-bond donors (Lipinski definition) is 1. The number of nitrogens with zero attached hydrogens (tertiary/aromatic N) is 2. The summed E-state index contributed by atoms with van der Waals surface area (Å²) >= 11 is 0. The molecule has 1 aliphatic heterocycles. The van der Waals surface area contributed by atoms with Crippen LogP contribution < -0.4 is 5.32 Å². The summed E-state index contributed by atoms with van der Waals surface area (Å²) in [5, 5.41) is 3.27. The van der Waals surface area contributed by atoms with Crippen molar-refractivity contribution in [3.05, 3.63) is 59.2 Å². The van der Waals surface area contributed by atoms with Gasteiger partial charge in [-0.3, -0.25) is 4.98 Å². The molecule has 2 heterocycles. The molecule has 1 fully saturated rings. The first-order chi connectivity index (χ1) is 11.0. The van der Waals surface area contributed by atoms with Crippen LogP contribution in [0.25, 0.3) is 0 Å². The third-order valence-electron chi connectivity index (χ3n) is 3.66. The minimum atomic E-state index is -4.46. The molecule has 23 heavy (non-hydrogen) atoms. The first kappa shape index (κ1) is 15.9. The van der Waals surface area contributed by atoms with Crippen molar-refractivity contribution in [3.8, 4) is 0 Å². The van der Waals surface area contributed by atoms with Crippen molar-refractivity contribution in [2.24, 2.45) is 0 Å². The van der Waals surface area contributed by atoms with Gasteiger partial charge in [-0.25, -0.2) is 4.98 Å². The lowest BCUT2D eigenvalue weighted by Crippen LogP contribution is -2.33. The van der Waals surface area contributed by atoms with E-state index in [0.717, 1.165) is 30.4 Å². The molecule has 2 aromatic rings. The second-order valence-corrected chi connectivity index (χ2v) is 5.37. The summed E-state index contributed by atoms with van der Waals surface area (Å²) in [6.07, 6.45) is -2.03. The number of nitrogens with one attached hydrogen (secondary N) is 1. The van der Waals surface area contributed by atoms with E-state index in [1.807, 2.05) is 24.3 Å². The SMILES string of the molecule is FC(F)(F)c1cnc(Cc2ccc([C@@H]3CNCCO3)cc2)cn1. The molecule has 7 heteroatoms. The Morgan fingerprint density at radius 2 is 1.91 bits per heavy atom. The number of rotatable bonds is 3. The van der Waals surface area contributed by atoms with Gasteiger partial charge in [0.1, 0.15) is 0 Å². The third-order valence-corrected chi connectivity index (χ3v) is 3.66. The Hall–Kier alpha value is -1.99. The number of alkyl halides is 3. The third kappa shape index (κ3) is 4.05. The zero-order valence-corrected chi connectivity index (χ0v) is 12.3. The highest BCUT2D eigenvalue weighted by Crippen LogP contribution is 2.26. The van der Waals surface area contributed by atoms with Crippen LogP contribution in [0.5, 0.6) is 0 Å². The lowest BCUT2D eigenvalue weighted by molar-refractivity contribution is -0.141. The van der Waals surface area contributed by atoms with Crippen LogP contribution in [-0.4, -0.2) is 29.7 Å². The van der Waals surface area contributed by atoms with Crippen LogP contribution in [0.3, 0.4) is 0 Å². The highest BCUT2D eigenvalue weighted by molar-refractivity contribution is 5.27. The molecule has 1 aromatic carbocycles. The van der Waals surface area contributed by atoms with Gasteiger partial charge in [-0.15, -0.1) is 0 Å². The van der Waals surface area contributed by atoms with Gasteiger partial charge in [0, 0.05) is 25.7 Å². The molecular formula is C16H16F3N3O. The minimum absolute atomic E-state index is 0.0451. The molecule has 0 unspecified atom stereocenters. The van der Waals surface area contributed by atoms with Gasteiger partial charge in [-0.1, -0.05) is 24.3 Å². The Balaban J connectivity index is 1.66. The van der Waals surface area contributed by atoms with Crippen LogP contribution in [-0.2, 0) is 17.3 Å². The summed E-state index contributed by atoms with van der Waals surface area (Å²) in [7, 11) is 0. The number of halogens is 3. The standard InChI is InChI=1S/C16H16F3N3O/c17-16(18,19)15-10-21-13(8-22-15)7-11-1-3-12(4-2-11)14-9-20-5-6-23-14/h1-4,8,10,14,20H,5-7,9H2/t14-/m0/s1. The van der Waals surface area contributed by atoms with Crippen LogP contribution in [0.1, 0.15) is 28.6 Å². The van der Waals surface area contributed by atoms with Crippen LogP contribution in [0, 0.1) is 0 Å². The topological polar surface area (TPSA) is 47.0 Å². The number of ether oxygens (including phenoxy) is 1. The highest BCUT2D eigenvalue weighted by atomic mass is 19.4. The fraction of sp³-hybridized carbons (Fsp3) is 0.375. The zero-order valence-electron chi connectivity index (χ0n) is 12.3. The molecule has 0 radical (unpaired) electrons. The summed E-state index contributed by atoms with van der Waals surface area (Å²) in [4.78, 5) is 7.26. The number of hydrogen-bond acceptors (Lipinski definition) is 4.